The van der Waals surface area contributed by atoms with E-state index in [-0.39, 0.29) is 6.61 Å². The first-order valence-corrected chi connectivity index (χ1v) is 5.03. The van der Waals surface area contributed by atoms with Crippen molar-refractivity contribution >= 4 is 12.2 Å². The molecule has 1 aromatic heterocycles. The minimum atomic E-state index is -1.16. The molecule has 4 N–H and O–H groups in total. The Morgan fingerprint density at radius 1 is 1.53 bits per heavy atom. The zero-order valence-corrected chi connectivity index (χ0v) is 8.80. The third-order valence-corrected chi connectivity index (χ3v) is 2.62. The summed E-state index contributed by atoms with van der Waals surface area (Å²) in [4.78, 5) is 14.1. The molecule has 0 aromatic carbocycles. The maximum absolute atomic E-state index is 10.2. The molecular formula is C9H13N3O5. The largest absolute Gasteiger partial charge is 0.394 e. The van der Waals surface area contributed by atoms with Gasteiger partial charge in [-0.2, -0.15) is 0 Å². The standard InChI is InChI=1S/C9H13N3O5/c13-2-5-7(15)8(16)9(17-5)12-1-6(10-3-12)11-4-14/h1,3-5,7-9,13,15-16H,2H2,(H,11,14)/t5-,7-,8-,9-/m1/s1. The Hall–Kier alpha value is -1.48. The number of aliphatic hydroxyl groups excluding tert-OH is 3. The summed E-state index contributed by atoms with van der Waals surface area (Å²) in [5.41, 5.74) is 0. The summed E-state index contributed by atoms with van der Waals surface area (Å²) in [7, 11) is 0. The highest BCUT2D eigenvalue weighted by Crippen LogP contribution is 2.29. The van der Waals surface area contributed by atoms with E-state index in [9.17, 15) is 15.0 Å². The van der Waals surface area contributed by atoms with Crippen LogP contribution in [0.3, 0.4) is 0 Å². The van der Waals surface area contributed by atoms with Crippen LogP contribution in [0.4, 0.5) is 5.82 Å². The molecule has 2 rings (SSSR count). The molecule has 1 saturated heterocycles. The number of aromatic nitrogens is 2. The Morgan fingerprint density at radius 2 is 2.29 bits per heavy atom. The fourth-order valence-corrected chi connectivity index (χ4v) is 1.74. The predicted octanol–water partition coefficient (Wildman–Crippen LogP) is -1.94. The van der Waals surface area contributed by atoms with E-state index in [2.05, 4.69) is 10.3 Å². The van der Waals surface area contributed by atoms with Crippen molar-refractivity contribution < 1.29 is 24.9 Å². The molecule has 0 radical (unpaired) electrons. The summed E-state index contributed by atoms with van der Waals surface area (Å²) in [6.07, 6.45) is -0.706. The molecule has 8 heteroatoms. The number of nitrogens with one attached hydrogen (secondary N) is 1. The van der Waals surface area contributed by atoms with Gasteiger partial charge in [0.2, 0.25) is 6.41 Å². The van der Waals surface area contributed by atoms with Gasteiger partial charge in [0.1, 0.15) is 18.3 Å². The van der Waals surface area contributed by atoms with Gasteiger partial charge in [0, 0.05) is 0 Å². The molecule has 1 amide bonds. The molecule has 0 aliphatic carbocycles. The number of aliphatic hydroxyl groups is 3. The third-order valence-electron chi connectivity index (χ3n) is 2.62. The molecule has 1 fully saturated rings. The normalized spacial score (nSPS) is 32.6. The Balaban J connectivity index is 2.14. The second kappa shape index (κ2) is 4.80. The monoisotopic (exact) mass is 243 g/mol. The Morgan fingerprint density at radius 3 is 2.88 bits per heavy atom. The zero-order chi connectivity index (χ0) is 12.4. The van der Waals surface area contributed by atoms with Crippen molar-refractivity contribution in [1.82, 2.24) is 9.55 Å². The summed E-state index contributed by atoms with van der Waals surface area (Å²) < 4.78 is 6.68. The van der Waals surface area contributed by atoms with Gasteiger partial charge < -0.3 is 29.9 Å². The van der Waals surface area contributed by atoms with E-state index >= 15 is 0 Å². The van der Waals surface area contributed by atoms with Crippen LogP contribution in [-0.4, -0.2) is 56.2 Å². The van der Waals surface area contributed by atoms with Crippen LogP contribution in [-0.2, 0) is 9.53 Å². The summed E-state index contributed by atoms with van der Waals surface area (Å²) in [5.74, 6) is 0.303. The SMILES string of the molecule is O=CNc1cn([C@@H]2O[C@H](CO)[C@@H](O)[C@H]2O)cn1. The summed E-state index contributed by atoms with van der Waals surface area (Å²) >= 11 is 0. The van der Waals surface area contributed by atoms with Crippen LogP contribution >= 0.6 is 0 Å². The van der Waals surface area contributed by atoms with E-state index in [1.807, 2.05) is 0 Å². The number of carbonyl (C=O) groups excluding carboxylic acids is 1. The molecule has 0 spiro atoms. The van der Waals surface area contributed by atoms with Gasteiger partial charge in [-0.3, -0.25) is 4.79 Å². The van der Waals surface area contributed by atoms with E-state index in [4.69, 9.17) is 9.84 Å². The van der Waals surface area contributed by atoms with Crippen LogP contribution in [0.2, 0.25) is 0 Å². The number of ether oxygens (including phenoxy) is 1. The molecule has 4 atom stereocenters. The van der Waals surface area contributed by atoms with Gasteiger partial charge in [-0.1, -0.05) is 0 Å². The van der Waals surface area contributed by atoms with Crippen molar-refractivity contribution in [3.05, 3.63) is 12.5 Å². The Labute approximate surface area is 96.5 Å². The molecule has 1 aliphatic heterocycles. The van der Waals surface area contributed by atoms with Gasteiger partial charge in [0.15, 0.2) is 12.0 Å². The maximum Gasteiger partial charge on any atom is 0.212 e. The second-order valence-corrected chi connectivity index (χ2v) is 3.70. The van der Waals surface area contributed by atoms with Crippen molar-refractivity contribution in [1.29, 1.82) is 0 Å². The minimum absolute atomic E-state index is 0.303. The second-order valence-electron chi connectivity index (χ2n) is 3.70. The van der Waals surface area contributed by atoms with Crippen molar-refractivity contribution in [2.75, 3.05) is 11.9 Å². The van der Waals surface area contributed by atoms with E-state index in [1.165, 1.54) is 17.1 Å². The lowest BCUT2D eigenvalue weighted by Gasteiger charge is -2.15. The van der Waals surface area contributed by atoms with Crippen LogP contribution in [0.15, 0.2) is 12.5 Å². The Kier molecular flexibility index (Phi) is 3.38. The first-order chi connectivity index (χ1) is 8.17. The molecule has 17 heavy (non-hydrogen) atoms. The van der Waals surface area contributed by atoms with Gasteiger partial charge >= 0.3 is 0 Å². The van der Waals surface area contributed by atoms with Gasteiger partial charge in [-0.25, -0.2) is 4.98 Å². The first-order valence-electron chi connectivity index (χ1n) is 5.03. The predicted molar refractivity (Wildman–Crippen MR) is 54.9 cm³/mol. The van der Waals surface area contributed by atoms with Gasteiger partial charge in [-0.05, 0) is 0 Å². The number of amides is 1. The first kappa shape index (κ1) is 12.0. The summed E-state index contributed by atoms with van der Waals surface area (Å²) in [6, 6.07) is 0. The minimum Gasteiger partial charge on any atom is -0.394 e. The molecule has 0 unspecified atom stereocenters. The number of anilines is 1. The van der Waals surface area contributed by atoms with Gasteiger partial charge in [0.25, 0.3) is 0 Å². The molecule has 1 aliphatic rings. The van der Waals surface area contributed by atoms with E-state index in [0.29, 0.717) is 12.2 Å². The molecule has 8 nitrogen and oxygen atoms in total. The molecule has 2 heterocycles. The lowest BCUT2D eigenvalue weighted by Crippen LogP contribution is -2.33. The highest BCUT2D eigenvalue weighted by Gasteiger charge is 2.43. The lowest BCUT2D eigenvalue weighted by molar-refractivity contribution is -0.105. The van der Waals surface area contributed by atoms with Crippen LogP contribution in [0.5, 0.6) is 0 Å². The topological polar surface area (TPSA) is 117 Å². The van der Waals surface area contributed by atoms with E-state index in [1.54, 1.807) is 0 Å². The lowest BCUT2D eigenvalue weighted by atomic mass is 10.1. The average molecular weight is 243 g/mol. The van der Waals surface area contributed by atoms with E-state index < -0.39 is 24.5 Å². The number of hydrogen-bond acceptors (Lipinski definition) is 6. The number of carbonyl (C=O) groups is 1. The summed E-state index contributed by atoms with van der Waals surface area (Å²) in [6.45, 7) is -0.386. The van der Waals surface area contributed by atoms with Crippen molar-refractivity contribution in [3.63, 3.8) is 0 Å². The number of hydrogen-bond donors (Lipinski definition) is 4. The molecule has 0 saturated carbocycles. The average Bonchev–Trinajstić information content (AvgIpc) is 2.87. The quantitative estimate of drug-likeness (QED) is 0.457. The van der Waals surface area contributed by atoms with Gasteiger partial charge in [0.05, 0.1) is 19.1 Å². The zero-order valence-electron chi connectivity index (χ0n) is 8.80. The third kappa shape index (κ3) is 2.15. The highest BCUT2D eigenvalue weighted by atomic mass is 16.6. The molecule has 94 valence electrons. The van der Waals surface area contributed by atoms with Crippen molar-refractivity contribution in [3.8, 4) is 0 Å². The fourth-order valence-electron chi connectivity index (χ4n) is 1.74. The smallest absolute Gasteiger partial charge is 0.212 e. The summed E-state index contributed by atoms with van der Waals surface area (Å²) in [5, 5.41) is 30.6. The molecule has 1 aromatic rings. The fraction of sp³-hybridized carbons (Fsp3) is 0.556. The molecular weight excluding hydrogens is 230 g/mol. The number of rotatable bonds is 4. The van der Waals surface area contributed by atoms with Crippen LogP contribution in [0.25, 0.3) is 0 Å². The maximum atomic E-state index is 10.2. The van der Waals surface area contributed by atoms with Gasteiger partial charge in [-0.15, -0.1) is 0 Å². The van der Waals surface area contributed by atoms with Crippen molar-refractivity contribution in [2.45, 2.75) is 24.5 Å². The number of nitrogens with zero attached hydrogens (tertiary/aromatic N) is 2. The van der Waals surface area contributed by atoms with Crippen LogP contribution < -0.4 is 5.32 Å². The molecule has 0 bridgehead atoms. The van der Waals surface area contributed by atoms with E-state index in [0.717, 1.165) is 0 Å². The highest BCUT2D eigenvalue weighted by molar-refractivity contribution is 5.68. The Bertz CT molecular complexity index is 396. The van der Waals surface area contributed by atoms with Crippen molar-refractivity contribution in [2.24, 2.45) is 0 Å². The van der Waals surface area contributed by atoms with Crippen LogP contribution in [0, 0.1) is 0 Å². The van der Waals surface area contributed by atoms with Crippen LogP contribution in [0.1, 0.15) is 6.23 Å². The number of imidazole rings is 1.